The molecule has 1 saturated heterocycles. The molecule has 1 heterocycles. The molecule has 1 rings (SSSR count). The molecular formula is C6H12N2O. The van der Waals surface area contributed by atoms with Gasteiger partial charge >= 0.3 is 0 Å². The van der Waals surface area contributed by atoms with Crippen LogP contribution in [0.4, 0.5) is 0 Å². The van der Waals surface area contributed by atoms with Gasteiger partial charge in [0.1, 0.15) is 0 Å². The normalized spacial score (nSPS) is 24.0. The largest absolute Gasteiger partial charge is 0.367 e. The molecule has 3 heteroatoms. The number of ether oxygens (including phenoxy) is 1. The van der Waals surface area contributed by atoms with Gasteiger partial charge in [0, 0.05) is 26.2 Å². The average molecular weight is 128 g/mol. The van der Waals surface area contributed by atoms with Gasteiger partial charge in [0.15, 0.2) is 0 Å². The molecule has 1 fully saturated rings. The lowest BCUT2D eigenvalue weighted by molar-refractivity contribution is 0.267. The maximum absolute atomic E-state index is 4.98. The molecule has 0 aromatic carbocycles. The summed E-state index contributed by atoms with van der Waals surface area (Å²) in [5, 5.41) is 6.33. The summed E-state index contributed by atoms with van der Waals surface area (Å²) in [7, 11) is 0. The molecule has 0 amide bonds. The fourth-order valence-corrected chi connectivity index (χ4v) is 0.663. The van der Waals surface area contributed by atoms with Crippen molar-refractivity contribution >= 4 is 0 Å². The highest BCUT2D eigenvalue weighted by Gasteiger charge is 1.94. The molecular weight excluding hydrogens is 116 g/mol. The van der Waals surface area contributed by atoms with Crippen molar-refractivity contribution in [2.45, 2.75) is 0 Å². The summed E-state index contributed by atoms with van der Waals surface area (Å²) in [6, 6.07) is 0. The maximum atomic E-state index is 4.98. The Labute approximate surface area is 55.8 Å². The van der Waals surface area contributed by atoms with Crippen LogP contribution >= 0.6 is 0 Å². The van der Waals surface area contributed by atoms with Gasteiger partial charge in [-0.3, -0.25) is 0 Å². The van der Waals surface area contributed by atoms with Crippen molar-refractivity contribution in [1.29, 1.82) is 0 Å². The van der Waals surface area contributed by atoms with Gasteiger partial charge in [-0.15, -0.1) is 0 Å². The standard InChI is InChI=1S/C6H12N2O/c1-2-8-4-6-9-5-3-7-1/h5-8H,1-4H2. The van der Waals surface area contributed by atoms with Gasteiger partial charge in [-0.2, -0.15) is 0 Å². The van der Waals surface area contributed by atoms with E-state index in [4.69, 9.17) is 4.74 Å². The van der Waals surface area contributed by atoms with E-state index < -0.39 is 0 Å². The van der Waals surface area contributed by atoms with Crippen molar-refractivity contribution < 1.29 is 4.74 Å². The van der Waals surface area contributed by atoms with E-state index in [9.17, 15) is 0 Å². The first-order valence-corrected chi connectivity index (χ1v) is 3.20. The number of hydrogen-bond acceptors (Lipinski definition) is 3. The molecule has 9 heavy (non-hydrogen) atoms. The highest BCUT2D eigenvalue weighted by atomic mass is 16.5. The summed E-state index contributed by atoms with van der Waals surface area (Å²) in [5.41, 5.74) is 0. The van der Waals surface area contributed by atoms with Gasteiger partial charge in [-0.25, -0.2) is 0 Å². The van der Waals surface area contributed by atoms with Crippen LogP contribution in [0.3, 0.4) is 0 Å². The first-order chi connectivity index (χ1) is 4.50. The van der Waals surface area contributed by atoms with Gasteiger partial charge in [0.05, 0.1) is 13.2 Å². The summed E-state index contributed by atoms with van der Waals surface area (Å²) in [6.45, 7) is 7.19. The molecule has 0 atom stereocenters. The molecule has 0 unspecified atom stereocenters. The molecule has 0 bridgehead atoms. The Hall–Kier alpha value is -0.120. The Bertz CT molecular complexity index is 39.5. The minimum absolute atomic E-state index is 0.832. The van der Waals surface area contributed by atoms with E-state index in [1.165, 1.54) is 0 Å². The molecule has 0 aliphatic carbocycles. The van der Waals surface area contributed by atoms with Crippen molar-refractivity contribution in [2.24, 2.45) is 0 Å². The first-order valence-electron chi connectivity index (χ1n) is 3.20. The Balaban J connectivity index is 2.02. The van der Waals surface area contributed by atoms with E-state index in [1.807, 2.05) is 0 Å². The van der Waals surface area contributed by atoms with Crippen LogP contribution in [0.15, 0.2) is 0 Å². The van der Waals surface area contributed by atoms with Crippen LogP contribution in [0.25, 0.3) is 0 Å². The van der Waals surface area contributed by atoms with Crippen LogP contribution in [-0.2, 0) is 4.74 Å². The monoisotopic (exact) mass is 128 g/mol. The zero-order chi connectivity index (χ0) is 6.36. The van der Waals surface area contributed by atoms with Crippen molar-refractivity contribution in [3.05, 3.63) is 13.2 Å². The van der Waals surface area contributed by atoms with Crippen molar-refractivity contribution in [3.8, 4) is 0 Å². The zero-order valence-corrected chi connectivity index (χ0v) is 5.39. The minimum atomic E-state index is 0.832. The molecule has 2 N–H and O–H groups in total. The SMILES string of the molecule is [CH]1CNCCNC[CH]O1. The first kappa shape index (κ1) is 6.99. The molecule has 0 spiro atoms. The number of hydrogen-bond donors (Lipinski definition) is 2. The second kappa shape index (κ2) is 4.73. The number of rotatable bonds is 0. The maximum Gasteiger partial charge on any atom is 0.0979 e. The van der Waals surface area contributed by atoms with E-state index in [1.54, 1.807) is 13.2 Å². The van der Waals surface area contributed by atoms with Crippen LogP contribution in [0.1, 0.15) is 0 Å². The zero-order valence-electron chi connectivity index (χ0n) is 5.39. The van der Waals surface area contributed by atoms with Crippen LogP contribution in [-0.4, -0.2) is 26.2 Å². The summed E-state index contributed by atoms with van der Waals surface area (Å²) in [6.07, 6.45) is 0. The molecule has 2 radical (unpaired) electrons. The predicted molar refractivity (Wildman–Crippen MR) is 35.4 cm³/mol. The second-order valence-electron chi connectivity index (χ2n) is 1.88. The molecule has 0 saturated carbocycles. The van der Waals surface area contributed by atoms with Crippen molar-refractivity contribution in [2.75, 3.05) is 26.2 Å². The fourth-order valence-electron chi connectivity index (χ4n) is 0.663. The molecule has 52 valence electrons. The molecule has 1 aliphatic heterocycles. The summed E-state index contributed by atoms with van der Waals surface area (Å²) >= 11 is 0. The Morgan fingerprint density at radius 1 is 1.00 bits per heavy atom. The molecule has 0 aromatic heterocycles. The lowest BCUT2D eigenvalue weighted by atomic mass is 10.6. The van der Waals surface area contributed by atoms with Gasteiger partial charge in [-0.1, -0.05) is 0 Å². The summed E-state index contributed by atoms with van der Waals surface area (Å²) in [5.74, 6) is 0. The van der Waals surface area contributed by atoms with Crippen LogP contribution in [0, 0.1) is 13.2 Å². The Morgan fingerprint density at radius 3 is 2.11 bits per heavy atom. The van der Waals surface area contributed by atoms with Crippen LogP contribution < -0.4 is 10.6 Å². The fraction of sp³-hybridized carbons (Fsp3) is 0.667. The second-order valence-corrected chi connectivity index (χ2v) is 1.88. The summed E-state index contributed by atoms with van der Waals surface area (Å²) in [4.78, 5) is 0. The summed E-state index contributed by atoms with van der Waals surface area (Å²) < 4.78 is 4.98. The molecule has 0 aromatic rings. The smallest absolute Gasteiger partial charge is 0.0979 e. The predicted octanol–water partition coefficient (Wildman–Crippen LogP) is -0.481. The highest BCUT2D eigenvalue weighted by molar-refractivity contribution is 4.66. The van der Waals surface area contributed by atoms with Crippen molar-refractivity contribution in [3.63, 3.8) is 0 Å². The van der Waals surface area contributed by atoms with Crippen LogP contribution in [0.2, 0.25) is 0 Å². The van der Waals surface area contributed by atoms with Gasteiger partial charge in [0.25, 0.3) is 0 Å². The van der Waals surface area contributed by atoms with Gasteiger partial charge in [-0.05, 0) is 0 Å². The Morgan fingerprint density at radius 2 is 1.56 bits per heavy atom. The highest BCUT2D eigenvalue weighted by Crippen LogP contribution is 1.84. The number of nitrogens with one attached hydrogen (secondary N) is 2. The van der Waals surface area contributed by atoms with E-state index in [0.29, 0.717) is 0 Å². The minimum Gasteiger partial charge on any atom is -0.367 e. The third kappa shape index (κ3) is 3.46. The van der Waals surface area contributed by atoms with Crippen LogP contribution in [0.5, 0.6) is 0 Å². The van der Waals surface area contributed by atoms with E-state index in [0.717, 1.165) is 26.2 Å². The van der Waals surface area contributed by atoms with Gasteiger partial charge in [0.2, 0.25) is 0 Å². The quantitative estimate of drug-likeness (QED) is 0.462. The van der Waals surface area contributed by atoms with Crippen molar-refractivity contribution in [1.82, 2.24) is 10.6 Å². The Kier molecular flexibility index (Phi) is 3.68. The van der Waals surface area contributed by atoms with E-state index in [2.05, 4.69) is 10.6 Å². The van der Waals surface area contributed by atoms with E-state index >= 15 is 0 Å². The third-order valence-corrected chi connectivity index (χ3v) is 1.13. The molecule has 1 aliphatic rings. The topological polar surface area (TPSA) is 33.3 Å². The lowest BCUT2D eigenvalue weighted by Gasteiger charge is -1.98. The third-order valence-electron chi connectivity index (χ3n) is 1.13. The lowest BCUT2D eigenvalue weighted by Crippen LogP contribution is -2.26. The van der Waals surface area contributed by atoms with E-state index in [-0.39, 0.29) is 0 Å². The van der Waals surface area contributed by atoms with Gasteiger partial charge < -0.3 is 15.4 Å². The molecule has 3 nitrogen and oxygen atoms in total. The average Bonchev–Trinajstić information content (AvgIpc) is 2.00.